The third kappa shape index (κ3) is 4.32. The number of ketones is 1. The van der Waals surface area contributed by atoms with E-state index in [0.717, 1.165) is 37.6 Å². The number of allylic oxidation sites excluding steroid dienone is 6. The number of methoxy groups -OCH3 is 1. The van der Waals surface area contributed by atoms with Crippen LogP contribution in [0.1, 0.15) is 34.1 Å². The largest absolute Gasteiger partial charge is 0.465 e. The summed E-state index contributed by atoms with van der Waals surface area (Å²) in [6.07, 6.45) is 4.13. The Morgan fingerprint density at radius 1 is 1.20 bits per heavy atom. The highest BCUT2D eigenvalue weighted by Gasteiger charge is 2.20. The van der Waals surface area contributed by atoms with Crippen molar-refractivity contribution in [1.82, 2.24) is 0 Å². The molecule has 0 saturated heterocycles. The second-order valence-corrected chi connectivity index (χ2v) is 5.15. The van der Waals surface area contributed by atoms with Crippen LogP contribution in [0.15, 0.2) is 52.6 Å². The fraction of sp³-hybridized carbons (Fsp3) is 0.167. The minimum absolute atomic E-state index is 0.0500. The van der Waals surface area contributed by atoms with Crippen molar-refractivity contribution in [3.8, 4) is 0 Å². The van der Waals surface area contributed by atoms with E-state index in [4.69, 9.17) is 0 Å². The number of hydrogen-bond donors (Lipinski definition) is 0. The standard InChI is InChI=1S/C18H14F3NO3/c1-10(23)17-14(18(24)25-2)7-13(20)8-16(17)22-9-11-3-4-12(19)5-6-15(11)21/h3-4,6-9H,5H2,1-2H3. The summed E-state index contributed by atoms with van der Waals surface area (Å²) < 4.78 is 45.4. The molecule has 4 nitrogen and oxygen atoms in total. The van der Waals surface area contributed by atoms with E-state index < -0.39 is 29.2 Å². The molecule has 0 saturated carbocycles. The maximum atomic E-state index is 13.9. The third-order valence-corrected chi connectivity index (χ3v) is 3.38. The Hall–Kier alpha value is -2.96. The highest BCUT2D eigenvalue weighted by atomic mass is 19.1. The van der Waals surface area contributed by atoms with E-state index in [1.165, 1.54) is 13.0 Å². The van der Waals surface area contributed by atoms with Crippen molar-refractivity contribution in [1.29, 1.82) is 0 Å². The number of carbonyl (C=O) groups is 2. The average molecular weight is 349 g/mol. The average Bonchev–Trinajstić information content (AvgIpc) is 2.73. The van der Waals surface area contributed by atoms with Gasteiger partial charge in [0.2, 0.25) is 0 Å². The van der Waals surface area contributed by atoms with Crippen LogP contribution >= 0.6 is 0 Å². The monoisotopic (exact) mass is 349 g/mol. The molecule has 1 aromatic carbocycles. The zero-order chi connectivity index (χ0) is 18.6. The lowest BCUT2D eigenvalue weighted by Crippen LogP contribution is -2.09. The quantitative estimate of drug-likeness (QED) is 0.455. The van der Waals surface area contributed by atoms with Gasteiger partial charge in [0.15, 0.2) is 5.78 Å². The van der Waals surface area contributed by atoms with Gasteiger partial charge in [0.1, 0.15) is 17.5 Å². The maximum Gasteiger partial charge on any atom is 0.338 e. The summed E-state index contributed by atoms with van der Waals surface area (Å²) in [5, 5.41) is 0. The van der Waals surface area contributed by atoms with Crippen LogP contribution in [-0.4, -0.2) is 25.1 Å². The van der Waals surface area contributed by atoms with Gasteiger partial charge in [-0.1, -0.05) is 0 Å². The predicted octanol–water partition coefficient (Wildman–Crippen LogP) is 4.55. The van der Waals surface area contributed by atoms with Gasteiger partial charge in [-0.05, 0) is 31.2 Å². The fourth-order valence-corrected chi connectivity index (χ4v) is 2.21. The van der Waals surface area contributed by atoms with Gasteiger partial charge in [-0.25, -0.2) is 18.0 Å². The van der Waals surface area contributed by atoms with Crippen molar-refractivity contribution in [3.63, 3.8) is 0 Å². The summed E-state index contributed by atoms with van der Waals surface area (Å²) in [5.74, 6) is -3.48. The van der Waals surface area contributed by atoms with E-state index >= 15 is 0 Å². The molecule has 0 amide bonds. The fourth-order valence-electron chi connectivity index (χ4n) is 2.21. The SMILES string of the molecule is COC(=O)c1cc(F)cc(N=CC2=CC=C(F)CC=C2F)c1C(C)=O. The second kappa shape index (κ2) is 7.74. The lowest BCUT2D eigenvalue weighted by atomic mass is 10.0. The minimum atomic E-state index is -0.897. The van der Waals surface area contributed by atoms with Crippen LogP contribution in [-0.2, 0) is 4.74 Å². The van der Waals surface area contributed by atoms with Gasteiger partial charge in [-0.3, -0.25) is 9.79 Å². The Bertz CT molecular complexity index is 851. The molecular formula is C18H14F3NO3. The van der Waals surface area contributed by atoms with Gasteiger partial charge in [-0.15, -0.1) is 0 Å². The number of ether oxygens (including phenoxy) is 1. The van der Waals surface area contributed by atoms with Crippen molar-refractivity contribution in [2.75, 3.05) is 7.11 Å². The molecule has 0 fully saturated rings. The second-order valence-electron chi connectivity index (χ2n) is 5.15. The molecule has 0 aromatic heterocycles. The van der Waals surface area contributed by atoms with Gasteiger partial charge < -0.3 is 4.74 Å². The highest BCUT2D eigenvalue weighted by molar-refractivity contribution is 6.09. The molecule has 0 heterocycles. The van der Waals surface area contributed by atoms with E-state index in [1.807, 2.05) is 0 Å². The van der Waals surface area contributed by atoms with E-state index in [1.54, 1.807) is 0 Å². The van der Waals surface area contributed by atoms with Gasteiger partial charge in [-0.2, -0.15) is 0 Å². The summed E-state index contributed by atoms with van der Waals surface area (Å²) in [7, 11) is 1.09. The molecule has 1 aliphatic rings. The molecule has 0 bridgehead atoms. The molecule has 0 spiro atoms. The first-order valence-electron chi connectivity index (χ1n) is 7.22. The first-order chi connectivity index (χ1) is 11.8. The van der Waals surface area contributed by atoms with Crippen LogP contribution in [0.2, 0.25) is 0 Å². The molecule has 1 aliphatic carbocycles. The summed E-state index contributed by atoms with van der Waals surface area (Å²) in [6, 6.07) is 1.81. The van der Waals surface area contributed by atoms with Crippen LogP contribution in [0.5, 0.6) is 0 Å². The summed E-state index contributed by atoms with van der Waals surface area (Å²) in [4.78, 5) is 27.5. The summed E-state index contributed by atoms with van der Waals surface area (Å²) in [5.41, 5.74) is -0.634. The van der Waals surface area contributed by atoms with Crippen molar-refractivity contribution >= 4 is 23.7 Å². The Morgan fingerprint density at radius 2 is 1.92 bits per heavy atom. The highest BCUT2D eigenvalue weighted by Crippen LogP contribution is 2.27. The zero-order valence-corrected chi connectivity index (χ0v) is 13.5. The normalized spacial score (nSPS) is 14.5. The van der Waals surface area contributed by atoms with E-state index in [-0.39, 0.29) is 28.8 Å². The topological polar surface area (TPSA) is 55.7 Å². The zero-order valence-electron chi connectivity index (χ0n) is 13.5. The van der Waals surface area contributed by atoms with Crippen LogP contribution in [0, 0.1) is 5.82 Å². The number of carbonyl (C=O) groups excluding carboxylic acids is 2. The lowest BCUT2D eigenvalue weighted by molar-refractivity contribution is 0.0596. The van der Waals surface area contributed by atoms with Gasteiger partial charge in [0, 0.05) is 24.3 Å². The molecule has 0 aliphatic heterocycles. The first kappa shape index (κ1) is 18.4. The molecular weight excluding hydrogens is 335 g/mol. The van der Waals surface area contributed by atoms with Crippen LogP contribution in [0.25, 0.3) is 0 Å². The molecule has 0 radical (unpaired) electrons. The minimum Gasteiger partial charge on any atom is -0.465 e. The Morgan fingerprint density at radius 3 is 2.56 bits per heavy atom. The van der Waals surface area contributed by atoms with Crippen LogP contribution in [0.3, 0.4) is 0 Å². The number of Topliss-reactive ketones (excluding diaryl/α,β-unsaturated/α-hetero) is 1. The Balaban J connectivity index is 2.54. The number of hydrogen-bond acceptors (Lipinski definition) is 4. The molecule has 0 atom stereocenters. The van der Waals surface area contributed by atoms with Crippen molar-refractivity contribution in [3.05, 3.63) is 64.5 Å². The van der Waals surface area contributed by atoms with E-state index in [9.17, 15) is 22.8 Å². The van der Waals surface area contributed by atoms with Crippen LogP contribution in [0.4, 0.5) is 18.9 Å². The number of aliphatic imine (C=N–C) groups is 1. The smallest absolute Gasteiger partial charge is 0.338 e. The Labute approximate surface area is 142 Å². The summed E-state index contributed by atoms with van der Waals surface area (Å²) >= 11 is 0. The molecule has 25 heavy (non-hydrogen) atoms. The van der Waals surface area contributed by atoms with Crippen molar-refractivity contribution in [2.45, 2.75) is 13.3 Å². The predicted molar refractivity (Wildman–Crippen MR) is 87.0 cm³/mol. The maximum absolute atomic E-state index is 13.9. The van der Waals surface area contributed by atoms with Gasteiger partial charge in [0.25, 0.3) is 0 Å². The molecule has 0 unspecified atom stereocenters. The molecule has 2 rings (SSSR count). The molecule has 1 aromatic rings. The Kier molecular flexibility index (Phi) is 5.69. The molecule has 130 valence electrons. The van der Waals surface area contributed by atoms with Crippen molar-refractivity contribution < 1.29 is 27.5 Å². The number of rotatable bonds is 4. The first-order valence-corrected chi connectivity index (χ1v) is 7.22. The summed E-state index contributed by atoms with van der Waals surface area (Å²) in [6.45, 7) is 1.18. The van der Waals surface area contributed by atoms with Gasteiger partial charge >= 0.3 is 5.97 Å². The number of nitrogens with zero attached hydrogens (tertiary/aromatic N) is 1. The number of benzene rings is 1. The number of halogens is 3. The number of esters is 1. The van der Waals surface area contributed by atoms with E-state index in [0.29, 0.717) is 0 Å². The third-order valence-electron chi connectivity index (χ3n) is 3.38. The molecule has 7 heteroatoms. The molecule has 0 N–H and O–H groups in total. The van der Waals surface area contributed by atoms with Crippen molar-refractivity contribution in [2.24, 2.45) is 4.99 Å². The van der Waals surface area contributed by atoms with Gasteiger partial charge in [0.05, 0.1) is 23.9 Å². The van der Waals surface area contributed by atoms with E-state index in [2.05, 4.69) is 9.73 Å². The lowest BCUT2D eigenvalue weighted by Gasteiger charge is -2.09. The van der Waals surface area contributed by atoms with Crippen LogP contribution < -0.4 is 0 Å².